The van der Waals surface area contributed by atoms with Gasteiger partial charge in [-0.1, -0.05) is 56.5 Å². The Kier molecular flexibility index (Phi) is 10.1. The van der Waals surface area contributed by atoms with Crippen molar-refractivity contribution >= 4 is 23.7 Å². The second kappa shape index (κ2) is 11.8. The van der Waals surface area contributed by atoms with E-state index in [4.69, 9.17) is 11.6 Å². The molecule has 4 nitrogen and oxygen atoms in total. The van der Waals surface area contributed by atoms with Crippen LogP contribution in [0.2, 0.25) is 0 Å². The Balaban J connectivity index is 3.12. The fourth-order valence-corrected chi connectivity index (χ4v) is 2.80. The molecule has 1 aliphatic heterocycles. The summed E-state index contributed by atoms with van der Waals surface area (Å²) < 4.78 is 0. The van der Waals surface area contributed by atoms with Gasteiger partial charge in [0, 0.05) is 37.3 Å². The first-order valence-corrected chi connectivity index (χ1v) is 9.27. The molecular weight excluding hydrogens is 334 g/mol. The highest BCUT2D eigenvalue weighted by Crippen LogP contribution is 2.26. The van der Waals surface area contributed by atoms with Crippen LogP contribution in [-0.4, -0.2) is 32.3 Å². The van der Waals surface area contributed by atoms with Gasteiger partial charge < -0.3 is 10.6 Å². The van der Waals surface area contributed by atoms with Crippen molar-refractivity contribution in [3.05, 3.63) is 46.7 Å². The van der Waals surface area contributed by atoms with Crippen LogP contribution in [-0.2, 0) is 4.79 Å². The lowest BCUT2D eigenvalue weighted by atomic mass is 9.91. The summed E-state index contributed by atoms with van der Waals surface area (Å²) in [6.45, 7) is 9.22. The highest BCUT2D eigenvalue weighted by atomic mass is 35.5. The van der Waals surface area contributed by atoms with E-state index in [1.54, 1.807) is 25.4 Å². The molecule has 0 radical (unpaired) electrons. The molecule has 1 aliphatic rings. The number of carbonyl (C=O) groups excluding carboxylic acids is 1. The van der Waals surface area contributed by atoms with E-state index in [-0.39, 0.29) is 11.8 Å². The Labute approximate surface area is 156 Å². The summed E-state index contributed by atoms with van der Waals surface area (Å²) in [5.41, 5.74) is 2.46. The first-order chi connectivity index (χ1) is 12.0. The summed E-state index contributed by atoms with van der Waals surface area (Å²) in [5, 5.41) is 6.76. The summed E-state index contributed by atoms with van der Waals surface area (Å²) >= 11 is 5.87. The average molecular weight is 364 g/mol. The normalized spacial score (nSPS) is 19.4. The van der Waals surface area contributed by atoms with E-state index in [9.17, 15) is 4.79 Å². The van der Waals surface area contributed by atoms with E-state index in [2.05, 4.69) is 29.1 Å². The largest absolute Gasteiger partial charge is 0.355 e. The van der Waals surface area contributed by atoms with Gasteiger partial charge in [0.25, 0.3) is 0 Å². The molecule has 1 amide bonds. The maximum absolute atomic E-state index is 12.2. The molecule has 5 heteroatoms. The number of nitrogens with one attached hydrogen (secondary N) is 2. The van der Waals surface area contributed by atoms with Crippen molar-refractivity contribution in [1.82, 2.24) is 10.6 Å². The van der Waals surface area contributed by atoms with Gasteiger partial charge in [-0.25, -0.2) is 0 Å². The molecule has 0 bridgehead atoms. The molecule has 1 atom stereocenters. The number of rotatable bonds is 9. The average Bonchev–Trinajstić information content (AvgIpc) is 2.61. The molecule has 0 fully saturated rings. The van der Waals surface area contributed by atoms with Crippen LogP contribution in [0.5, 0.6) is 0 Å². The van der Waals surface area contributed by atoms with Crippen molar-refractivity contribution in [3.8, 4) is 0 Å². The third-order valence-electron chi connectivity index (χ3n) is 4.14. The zero-order chi connectivity index (χ0) is 18.7. The molecule has 0 aromatic rings. The molecule has 0 aromatic heterocycles. The second-order valence-corrected chi connectivity index (χ2v) is 6.75. The minimum atomic E-state index is -0.0690. The number of hydrogen-bond donors (Lipinski definition) is 2. The maximum Gasteiger partial charge on any atom is 0.250 e. The summed E-state index contributed by atoms with van der Waals surface area (Å²) in [5.74, 6) is 0.181. The number of nitrogens with zero attached hydrogens (tertiary/aromatic N) is 1. The number of carbonyl (C=O) groups is 1. The first kappa shape index (κ1) is 21.4. The zero-order valence-electron chi connectivity index (χ0n) is 15.6. The minimum Gasteiger partial charge on any atom is -0.355 e. The van der Waals surface area contributed by atoms with Gasteiger partial charge in [-0.3, -0.25) is 9.79 Å². The van der Waals surface area contributed by atoms with Gasteiger partial charge in [0.15, 0.2) is 0 Å². The van der Waals surface area contributed by atoms with E-state index in [0.29, 0.717) is 11.6 Å². The SMILES string of the molecule is C=C/C(C=NC1=C(C(=O)NC)CNCC1CCCCC)=C\C=C(/C)Cl. The van der Waals surface area contributed by atoms with E-state index >= 15 is 0 Å². The van der Waals surface area contributed by atoms with E-state index < -0.39 is 0 Å². The Morgan fingerprint density at radius 1 is 1.44 bits per heavy atom. The minimum absolute atomic E-state index is 0.0690. The van der Waals surface area contributed by atoms with Crippen LogP contribution < -0.4 is 10.6 Å². The van der Waals surface area contributed by atoms with Crippen molar-refractivity contribution < 1.29 is 4.79 Å². The Morgan fingerprint density at radius 3 is 2.80 bits per heavy atom. The second-order valence-electron chi connectivity index (χ2n) is 6.15. The van der Waals surface area contributed by atoms with E-state index in [1.807, 2.05) is 13.0 Å². The lowest BCUT2D eigenvalue weighted by Gasteiger charge is -2.26. The van der Waals surface area contributed by atoms with Gasteiger partial charge in [0.2, 0.25) is 5.91 Å². The van der Waals surface area contributed by atoms with Gasteiger partial charge >= 0.3 is 0 Å². The van der Waals surface area contributed by atoms with E-state index in [0.717, 1.165) is 36.2 Å². The van der Waals surface area contributed by atoms with Crippen molar-refractivity contribution in [3.63, 3.8) is 0 Å². The molecular formula is C20H30ClN3O. The molecule has 1 unspecified atom stereocenters. The number of unbranched alkanes of at least 4 members (excludes halogenated alkanes) is 2. The number of halogens is 1. The van der Waals surface area contributed by atoms with Crippen LogP contribution in [0, 0.1) is 5.92 Å². The van der Waals surface area contributed by atoms with Crippen LogP contribution in [0.25, 0.3) is 0 Å². The van der Waals surface area contributed by atoms with E-state index in [1.165, 1.54) is 12.8 Å². The summed E-state index contributed by atoms with van der Waals surface area (Å²) in [4.78, 5) is 16.9. The Morgan fingerprint density at radius 2 is 2.20 bits per heavy atom. The quantitative estimate of drug-likeness (QED) is 0.368. The molecule has 0 aromatic carbocycles. The number of aliphatic imine (C=N–C) groups is 1. The molecule has 1 heterocycles. The van der Waals surface area contributed by atoms with Crippen LogP contribution in [0.1, 0.15) is 39.5 Å². The van der Waals surface area contributed by atoms with Crippen molar-refractivity contribution in [2.24, 2.45) is 10.9 Å². The number of amides is 1. The lowest BCUT2D eigenvalue weighted by Crippen LogP contribution is -2.37. The third-order valence-corrected chi connectivity index (χ3v) is 4.27. The highest BCUT2D eigenvalue weighted by Gasteiger charge is 2.25. The van der Waals surface area contributed by atoms with Gasteiger partial charge in [0.1, 0.15) is 0 Å². The monoisotopic (exact) mass is 363 g/mol. The molecule has 0 saturated heterocycles. The summed E-state index contributed by atoms with van der Waals surface area (Å²) in [7, 11) is 1.65. The number of hydrogen-bond acceptors (Lipinski definition) is 3. The zero-order valence-corrected chi connectivity index (χ0v) is 16.3. The molecule has 0 aliphatic carbocycles. The third kappa shape index (κ3) is 7.41. The Hall–Kier alpha value is -1.65. The molecule has 25 heavy (non-hydrogen) atoms. The van der Waals surface area contributed by atoms with Crippen LogP contribution in [0.15, 0.2) is 51.7 Å². The number of likely N-dealkylation sites (N-methyl/N-ethyl adjacent to an activating group) is 1. The van der Waals surface area contributed by atoms with Crippen LogP contribution >= 0.6 is 11.6 Å². The summed E-state index contributed by atoms with van der Waals surface area (Å²) in [6.07, 6.45) is 11.7. The Bertz CT molecular complexity index is 584. The molecule has 0 saturated carbocycles. The van der Waals surface area contributed by atoms with Crippen LogP contribution in [0.4, 0.5) is 0 Å². The topological polar surface area (TPSA) is 53.5 Å². The van der Waals surface area contributed by atoms with Crippen molar-refractivity contribution in [1.29, 1.82) is 0 Å². The molecule has 2 N–H and O–H groups in total. The number of allylic oxidation sites excluding steroid dienone is 5. The fraction of sp³-hybridized carbons (Fsp3) is 0.500. The molecule has 0 spiro atoms. The van der Waals surface area contributed by atoms with Gasteiger partial charge in [-0.2, -0.15) is 0 Å². The van der Waals surface area contributed by atoms with Crippen molar-refractivity contribution in [2.75, 3.05) is 20.1 Å². The molecule has 1 rings (SSSR count). The van der Waals surface area contributed by atoms with Gasteiger partial charge in [-0.05, 0) is 25.0 Å². The smallest absolute Gasteiger partial charge is 0.250 e. The molecule has 138 valence electrons. The van der Waals surface area contributed by atoms with Crippen molar-refractivity contribution in [2.45, 2.75) is 39.5 Å². The standard InChI is InChI=1S/C20H30ClN3O/c1-5-7-8-9-17-13-23-14-18(20(25)22-4)19(17)24-12-16(6-2)11-10-15(3)21/h6,10-12,17,23H,2,5,7-9,13-14H2,1,3-4H3,(H,22,25)/b15-10+,16-11+,24-12?. The fourth-order valence-electron chi connectivity index (χ4n) is 2.73. The van der Waals surface area contributed by atoms with Gasteiger partial charge in [0.05, 0.1) is 11.3 Å². The predicted octanol–water partition coefficient (Wildman–Crippen LogP) is 4.11. The van der Waals surface area contributed by atoms with Gasteiger partial charge in [-0.15, -0.1) is 0 Å². The van der Waals surface area contributed by atoms with Crippen LogP contribution in [0.3, 0.4) is 0 Å². The highest BCUT2D eigenvalue weighted by molar-refractivity contribution is 6.29. The predicted molar refractivity (Wildman–Crippen MR) is 108 cm³/mol. The lowest BCUT2D eigenvalue weighted by molar-refractivity contribution is -0.117. The first-order valence-electron chi connectivity index (χ1n) is 8.89. The maximum atomic E-state index is 12.2. The summed E-state index contributed by atoms with van der Waals surface area (Å²) in [6, 6.07) is 0.